The van der Waals surface area contributed by atoms with Crippen LogP contribution in [0.2, 0.25) is 0 Å². The molecule has 1 fully saturated rings. The lowest BCUT2D eigenvalue weighted by atomic mass is 10.0. The number of para-hydroxylation sites is 2. The van der Waals surface area contributed by atoms with Gasteiger partial charge >= 0.3 is 0 Å². The predicted octanol–water partition coefficient (Wildman–Crippen LogP) is 2.73. The van der Waals surface area contributed by atoms with Crippen LogP contribution >= 0.6 is 0 Å². The maximum Gasteiger partial charge on any atom is 0.227 e. The summed E-state index contributed by atoms with van der Waals surface area (Å²) in [6, 6.07) is 11.2. The number of aliphatic hydroxyl groups excluding tert-OH is 1. The molecule has 5 nitrogen and oxygen atoms in total. The minimum absolute atomic E-state index is 0.0401. The number of carbonyl (C=O) groups is 1. The van der Waals surface area contributed by atoms with E-state index in [4.69, 9.17) is 10.5 Å². The Bertz CT molecular complexity index is 758. The van der Waals surface area contributed by atoms with Gasteiger partial charge in [-0.05, 0) is 36.6 Å². The smallest absolute Gasteiger partial charge is 0.227 e. The average Bonchev–Trinajstić information content (AvgIpc) is 2.61. The van der Waals surface area contributed by atoms with Crippen molar-refractivity contribution < 1.29 is 19.0 Å². The average molecular weight is 344 g/mol. The number of anilines is 1. The number of ether oxygens (including phenoxy) is 1. The zero-order valence-corrected chi connectivity index (χ0v) is 13.8. The summed E-state index contributed by atoms with van der Waals surface area (Å²) in [5.74, 6) is -0.107. The second-order valence-electron chi connectivity index (χ2n) is 6.15. The molecule has 132 valence electrons. The van der Waals surface area contributed by atoms with Gasteiger partial charge in [-0.15, -0.1) is 0 Å². The van der Waals surface area contributed by atoms with Gasteiger partial charge in [-0.25, -0.2) is 4.39 Å². The lowest BCUT2D eigenvalue weighted by Crippen LogP contribution is -2.40. The molecule has 1 saturated heterocycles. The Balaban J connectivity index is 1.73. The Morgan fingerprint density at radius 1 is 1.16 bits per heavy atom. The summed E-state index contributed by atoms with van der Waals surface area (Å²) in [5.41, 5.74) is 7.10. The van der Waals surface area contributed by atoms with Gasteiger partial charge < -0.3 is 20.5 Å². The van der Waals surface area contributed by atoms with Gasteiger partial charge in [0.05, 0.1) is 18.2 Å². The maximum absolute atomic E-state index is 13.7. The summed E-state index contributed by atoms with van der Waals surface area (Å²) >= 11 is 0. The Labute approximate surface area is 145 Å². The summed E-state index contributed by atoms with van der Waals surface area (Å²) in [7, 11) is 0. The van der Waals surface area contributed by atoms with Crippen LogP contribution in [0.15, 0.2) is 42.5 Å². The van der Waals surface area contributed by atoms with Crippen LogP contribution in [-0.4, -0.2) is 35.1 Å². The number of nitrogen functional groups attached to an aromatic ring is 1. The quantitative estimate of drug-likeness (QED) is 0.836. The van der Waals surface area contributed by atoms with Crippen LogP contribution in [0.4, 0.5) is 10.1 Å². The zero-order chi connectivity index (χ0) is 17.8. The van der Waals surface area contributed by atoms with Gasteiger partial charge in [-0.1, -0.05) is 24.3 Å². The predicted molar refractivity (Wildman–Crippen MR) is 92.9 cm³/mol. The van der Waals surface area contributed by atoms with Crippen molar-refractivity contribution in [2.45, 2.75) is 25.4 Å². The molecule has 0 spiro atoms. The van der Waals surface area contributed by atoms with Gasteiger partial charge in [-0.3, -0.25) is 4.79 Å². The van der Waals surface area contributed by atoms with E-state index in [1.165, 1.54) is 12.1 Å². The number of aliphatic hydroxyl groups is 1. The molecule has 1 amide bonds. The van der Waals surface area contributed by atoms with Crippen molar-refractivity contribution >= 4 is 11.6 Å². The van der Waals surface area contributed by atoms with Crippen molar-refractivity contribution in [3.8, 4) is 11.5 Å². The molecule has 6 heteroatoms. The molecule has 1 heterocycles. The molecule has 0 saturated carbocycles. The number of halogens is 1. The highest BCUT2D eigenvalue weighted by atomic mass is 19.1. The minimum Gasteiger partial charge on any atom is -0.452 e. The molecule has 3 rings (SSSR count). The molecule has 2 aromatic carbocycles. The molecule has 0 unspecified atom stereocenters. The summed E-state index contributed by atoms with van der Waals surface area (Å²) in [6.07, 6.45) is 1.01. The first-order valence-corrected chi connectivity index (χ1v) is 8.30. The third-order valence-electron chi connectivity index (χ3n) is 4.37. The van der Waals surface area contributed by atoms with Crippen molar-refractivity contribution in [1.82, 2.24) is 4.90 Å². The second-order valence-corrected chi connectivity index (χ2v) is 6.15. The molecule has 0 radical (unpaired) electrons. The Kier molecular flexibility index (Phi) is 5.19. The molecule has 1 aliphatic rings. The SMILES string of the molecule is Nc1c(CC(=O)N2CCC(O)CC2)cccc1Oc1ccccc1F. The van der Waals surface area contributed by atoms with E-state index < -0.39 is 5.82 Å². The van der Waals surface area contributed by atoms with Crippen LogP contribution < -0.4 is 10.5 Å². The largest absolute Gasteiger partial charge is 0.452 e. The van der Waals surface area contributed by atoms with Crippen molar-refractivity contribution in [1.29, 1.82) is 0 Å². The number of amides is 1. The molecule has 0 bridgehead atoms. The van der Waals surface area contributed by atoms with Gasteiger partial charge in [0, 0.05) is 13.1 Å². The number of rotatable bonds is 4. The third kappa shape index (κ3) is 4.09. The fourth-order valence-electron chi connectivity index (χ4n) is 2.87. The van der Waals surface area contributed by atoms with Crippen LogP contribution in [0, 0.1) is 5.82 Å². The van der Waals surface area contributed by atoms with Crippen molar-refractivity contribution in [3.63, 3.8) is 0 Å². The molecular formula is C19H21FN2O3. The van der Waals surface area contributed by atoms with Gasteiger partial charge in [0.1, 0.15) is 0 Å². The summed E-state index contributed by atoms with van der Waals surface area (Å²) in [5, 5.41) is 9.54. The Hall–Kier alpha value is -2.60. The number of benzene rings is 2. The van der Waals surface area contributed by atoms with Crippen molar-refractivity contribution in [2.75, 3.05) is 18.8 Å². The van der Waals surface area contributed by atoms with Crippen LogP contribution in [0.5, 0.6) is 11.5 Å². The van der Waals surface area contributed by atoms with E-state index >= 15 is 0 Å². The molecule has 25 heavy (non-hydrogen) atoms. The topological polar surface area (TPSA) is 75.8 Å². The van der Waals surface area contributed by atoms with E-state index in [1.54, 1.807) is 35.2 Å². The van der Waals surface area contributed by atoms with Crippen LogP contribution in [0.3, 0.4) is 0 Å². The highest BCUT2D eigenvalue weighted by Crippen LogP contribution is 2.31. The Morgan fingerprint density at radius 3 is 2.56 bits per heavy atom. The van der Waals surface area contributed by atoms with Crippen LogP contribution in [-0.2, 0) is 11.2 Å². The number of nitrogens with two attached hydrogens (primary N) is 1. The highest BCUT2D eigenvalue weighted by Gasteiger charge is 2.22. The van der Waals surface area contributed by atoms with Gasteiger partial charge in [0.15, 0.2) is 17.3 Å². The molecular weight excluding hydrogens is 323 g/mol. The van der Waals surface area contributed by atoms with Gasteiger partial charge in [-0.2, -0.15) is 0 Å². The normalized spacial score (nSPS) is 15.2. The lowest BCUT2D eigenvalue weighted by molar-refractivity contribution is -0.132. The standard InChI is InChI=1S/C19H21FN2O3/c20-15-5-1-2-6-16(15)25-17-7-3-4-13(19(17)21)12-18(24)22-10-8-14(23)9-11-22/h1-7,14,23H,8-12,21H2. The number of nitrogens with zero attached hydrogens (tertiary/aromatic N) is 1. The number of likely N-dealkylation sites (tertiary alicyclic amines) is 1. The molecule has 0 atom stereocenters. The minimum atomic E-state index is -0.477. The van der Waals surface area contributed by atoms with E-state index in [1.807, 2.05) is 0 Å². The lowest BCUT2D eigenvalue weighted by Gasteiger charge is -2.29. The first-order valence-electron chi connectivity index (χ1n) is 8.30. The van der Waals surface area contributed by atoms with Gasteiger partial charge in [0.2, 0.25) is 5.91 Å². The number of hydrogen-bond acceptors (Lipinski definition) is 4. The van der Waals surface area contributed by atoms with E-state index in [0.29, 0.717) is 42.9 Å². The highest BCUT2D eigenvalue weighted by molar-refractivity contribution is 5.81. The monoisotopic (exact) mass is 344 g/mol. The zero-order valence-electron chi connectivity index (χ0n) is 13.8. The number of carbonyl (C=O) groups excluding carboxylic acids is 1. The molecule has 1 aliphatic heterocycles. The first-order chi connectivity index (χ1) is 12.0. The van der Waals surface area contributed by atoms with E-state index in [-0.39, 0.29) is 24.2 Å². The van der Waals surface area contributed by atoms with Crippen molar-refractivity contribution in [3.05, 3.63) is 53.8 Å². The van der Waals surface area contributed by atoms with E-state index in [0.717, 1.165) is 0 Å². The summed E-state index contributed by atoms with van der Waals surface area (Å²) < 4.78 is 19.3. The molecule has 0 aromatic heterocycles. The molecule has 2 aromatic rings. The fourth-order valence-corrected chi connectivity index (χ4v) is 2.87. The van der Waals surface area contributed by atoms with Crippen LogP contribution in [0.1, 0.15) is 18.4 Å². The second kappa shape index (κ2) is 7.53. The third-order valence-corrected chi connectivity index (χ3v) is 4.37. The van der Waals surface area contributed by atoms with E-state index in [2.05, 4.69) is 0 Å². The summed E-state index contributed by atoms with van der Waals surface area (Å²) in [6.45, 7) is 1.09. The number of piperidine rings is 1. The molecule has 3 N–H and O–H groups in total. The maximum atomic E-state index is 13.7. The summed E-state index contributed by atoms with van der Waals surface area (Å²) in [4.78, 5) is 14.2. The molecule has 0 aliphatic carbocycles. The number of hydrogen-bond donors (Lipinski definition) is 2. The Morgan fingerprint density at radius 2 is 1.84 bits per heavy atom. The van der Waals surface area contributed by atoms with Crippen molar-refractivity contribution in [2.24, 2.45) is 0 Å². The van der Waals surface area contributed by atoms with Gasteiger partial charge in [0.25, 0.3) is 0 Å². The van der Waals surface area contributed by atoms with E-state index in [9.17, 15) is 14.3 Å². The first kappa shape index (κ1) is 17.2. The van der Waals surface area contributed by atoms with Crippen LogP contribution in [0.25, 0.3) is 0 Å². The fraction of sp³-hybridized carbons (Fsp3) is 0.316.